The van der Waals surface area contributed by atoms with E-state index >= 15 is 0 Å². The van der Waals surface area contributed by atoms with Crippen molar-refractivity contribution >= 4 is 17.8 Å². The van der Waals surface area contributed by atoms with Gasteiger partial charge in [-0.15, -0.1) is 0 Å². The summed E-state index contributed by atoms with van der Waals surface area (Å²) in [4.78, 5) is 38.1. The minimum Gasteiger partial charge on any atom is -0.444 e. The summed E-state index contributed by atoms with van der Waals surface area (Å²) in [5.74, 6) is -0.593. The fraction of sp³-hybridized carbons (Fsp3) is 0.423. The van der Waals surface area contributed by atoms with Gasteiger partial charge in [-0.1, -0.05) is 65.8 Å². The van der Waals surface area contributed by atoms with E-state index in [0.29, 0.717) is 25.2 Å². The molecule has 0 bridgehead atoms. The number of likely N-dealkylation sites (tertiary alicyclic amines) is 1. The highest BCUT2D eigenvalue weighted by Crippen LogP contribution is 2.22. The van der Waals surface area contributed by atoms with E-state index in [1.807, 2.05) is 60.7 Å². The van der Waals surface area contributed by atoms with Crippen LogP contribution in [0.2, 0.25) is 0 Å². The maximum atomic E-state index is 12.9. The first-order valence-corrected chi connectivity index (χ1v) is 11.4. The van der Waals surface area contributed by atoms with E-state index in [0.717, 1.165) is 11.1 Å². The van der Waals surface area contributed by atoms with Crippen molar-refractivity contribution in [2.24, 2.45) is 5.16 Å². The Hall–Kier alpha value is -3.23. The summed E-state index contributed by atoms with van der Waals surface area (Å²) in [5, 5.41) is 3.99. The molecule has 8 heteroatoms. The summed E-state index contributed by atoms with van der Waals surface area (Å²) in [5.41, 5.74) is 4.78. The maximum absolute atomic E-state index is 12.9. The van der Waals surface area contributed by atoms with Crippen LogP contribution in [-0.2, 0) is 25.8 Å². The Labute approximate surface area is 200 Å². The summed E-state index contributed by atoms with van der Waals surface area (Å²) >= 11 is 0. The van der Waals surface area contributed by atoms with Crippen LogP contribution in [0, 0.1) is 0 Å². The first-order valence-electron chi connectivity index (χ1n) is 11.4. The average molecular weight is 468 g/mol. The lowest BCUT2D eigenvalue weighted by Crippen LogP contribution is -2.56. The molecule has 1 fully saturated rings. The zero-order chi connectivity index (χ0) is 24.6. The Bertz CT molecular complexity index is 973. The van der Waals surface area contributed by atoms with Crippen molar-refractivity contribution in [1.29, 1.82) is 0 Å². The first kappa shape index (κ1) is 25.4. The van der Waals surface area contributed by atoms with Crippen molar-refractivity contribution in [3.05, 3.63) is 71.8 Å². The molecule has 0 saturated carbocycles. The van der Waals surface area contributed by atoms with Gasteiger partial charge in [0.05, 0.1) is 18.4 Å². The van der Waals surface area contributed by atoms with E-state index < -0.39 is 23.7 Å². The Balaban J connectivity index is 1.64. The Kier molecular flexibility index (Phi) is 8.79. The molecule has 1 saturated heterocycles. The van der Waals surface area contributed by atoms with Crippen LogP contribution in [0.25, 0.3) is 0 Å². The molecule has 0 unspecified atom stereocenters. The molecule has 1 N–H and O–H groups in total. The number of hydrogen-bond acceptors (Lipinski definition) is 7. The maximum Gasteiger partial charge on any atom is 0.411 e. The number of nitrogens with zero attached hydrogens (tertiary/aromatic N) is 2. The second kappa shape index (κ2) is 11.8. The number of carbonyl (C=O) groups is 2. The van der Waals surface area contributed by atoms with Gasteiger partial charge in [0, 0.05) is 6.54 Å². The van der Waals surface area contributed by atoms with Crippen LogP contribution in [0.15, 0.2) is 65.8 Å². The molecule has 1 heterocycles. The third-order valence-corrected chi connectivity index (χ3v) is 5.28. The largest absolute Gasteiger partial charge is 0.444 e. The number of nitrogens with one attached hydrogen (secondary N) is 1. The van der Waals surface area contributed by atoms with Crippen LogP contribution < -0.4 is 5.48 Å². The topological polar surface area (TPSA) is 89.5 Å². The Morgan fingerprint density at radius 2 is 1.68 bits per heavy atom. The van der Waals surface area contributed by atoms with Crippen LogP contribution >= 0.6 is 0 Å². The fourth-order valence-corrected chi connectivity index (χ4v) is 3.56. The monoisotopic (exact) mass is 467 g/mol. The molecule has 3 rings (SSSR count). The summed E-state index contributed by atoms with van der Waals surface area (Å²) in [6, 6.07) is 18.3. The van der Waals surface area contributed by atoms with E-state index in [1.54, 1.807) is 27.7 Å². The standard InChI is InChI=1S/C26H33N3O5/c1-19(21-13-9-6-10-14-21)27-34-24(30)23-16-15-22(17-29(23)25(31)33-26(2,3)4)28-32-18-20-11-7-5-8-12-20/h5-14,22-23,28H,15-18H2,1-4H3/t22-,23+/m1/s1. The lowest BCUT2D eigenvalue weighted by atomic mass is 9.99. The number of rotatable bonds is 7. The van der Waals surface area contributed by atoms with Crippen LogP contribution in [0.3, 0.4) is 0 Å². The first-order chi connectivity index (χ1) is 16.2. The van der Waals surface area contributed by atoms with Crippen molar-refractivity contribution in [3.63, 3.8) is 0 Å². The predicted molar refractivity (Wildman–Crippen MR) is 129 cm³/mol. The predicted octanol–water partition coefficient (Wildman–Crippen LogP) is 4.44. The number of oxime groups is 1. The quantitative estimate of drug-likeness (QED) is 0.368. The molecular formula is C26H33N3O5. The average Bonchev–Trinajstić information content (AvgIpc) is 2.82. The lowest BCUT2D eigenvalue weighted by Gasteiger charge is -2.38. The van der Waals surface area contributed by atoms with Crippen LogP contribution in [0.5, 0.6) is 0 Å². The van der Waals surface area contributed by atoms with Gasteiger partial charge >= 0.3 is 12.1 Å². The van der Waals surface area contributed by atoms with E-state index in [1.165, 1.54) is 4.90 Å². The molecule has 8 nitrogen and oxygen atoms in total. The van der Waals surface area contributed by atoms with E-state index in [4.69, 9.17) is 14.4 Å². The second-order valence-corrected chi connectivity index (χ2v) is 9.27. The van der Waals surface area contributed by atoms with Gasteiger partial charge < -0.3 is 9.57 Å². The smallest absolute Gasteiger partial charge is 0.411 e. The molecule has 2 atom stereocenters. The van der Waals surface area contributed by atoms with Gasteiger partial charge in [-0.25, -0.2) is 9.59 Å². The summed E-state index contributed by atoms with van der Waals surface area (Å²) in [6.07, 6.45) is 0.437. The molecule has 2 aromatic rings. The molecule has 1 amide bonds. The van der Waals surface area contributed by atoms with Crippen molar-refractivity contribution in [2.45, 2.75) is 64.8 Å². The van der Waals surface area contributed by atoms with Crippen LogP contribution in [-0.4, -0.2) is 46.9 Å². The van der Waals surface area contributed by atoms with Crippen molar-refractivity contribution in [2.75, 3.05) is 6.54 Å². The highest BCUT2D eigenvalue weighted by atomic mass is 16.7. The number of benzene rings is 2. The molecule has 0 aliphatic carbocycles. The molecule has 0 spiro atoms. The van der Waals surface area contributed by atoms with E-state index in [2.05, 4.69) is 10.6 Å². The number of carbonyl (C=O) groups excluding carboxylic acids is 2. The van der Waals surface area contributed by atoms with Gasteiger partial charge in [-0.2, -0.15) is 5.48 Å². The minimum atomic E-state index is -0.797. The zero-order valence-electron chi connectivity index (χ0n) is 20.2. The minimum absolute atomic E-state index is 0.158. The van der Waals surface area contributed by atoms with Crippen molar-refractivity contribution < 1.29 is 24.0 Å². The van der Waals surface area contributed by atoms with Gasteiger partial charge in [0.2, 0.25) is 0 Å². The number of hydrogen-bond donors (Lipinski definition) is 1. The molecule has 182 valence electrons. The number of piperidine rings is 1. The lowest BCUT2D eigenvalue weighted by molar-refractivity contribution is -0.152. The molecule has 0 aromatic heterocycles. The SMILES string of the molecule is CC(=NOC(=O)[C@@H]1CC[C@@H](NOCc2ccccc2)CN1C(=O)OC(C)(C)C)c1ccccc1. The zero-order valence-corrected chi connectivity index (χ0v) is 20.2. The van der Waals surface area contributed by atoms with Gasteiger partial charge in [0.1, 0.15) is 11.6 Å². The van der Waals surface area contributed by atoms with E-state index in [-0.39, 0.29) is 12.6 Å². The summed E-state index contributed by atoms with van der Waals surface area (Å²) in [7, 11) is 0. The molecule has 1 aliphatic heterocycles. The van der Waals surface area contributed by atoms with Gasteiger partial charge in [0.25, 0.3) is 0 Å². The molecular weight excluding hydrogens is 434 g/mol. The number of ether oxygens (including phenoxy) is 1. The van der Waals surface area contributed by atoms with Crippen molar-refractivity contribution in [1.82, 2.24) is 10.4 Å². The second-order valence-electron chi connectivity index (χ2n) is 9.27. The number of amides is 1. The molecule has 2 aromatic carbocycles. The van der Waals surface area contributed by atoms with Crippen LogP contribution in [0.4, 0.5) is 4.79 Å². The molecule has 34 heavy (non-hydrogen) atoms. The summed E-state index contributed by atoms with van der Waals surface area (Å²) < 4.78 is 5.55. The van der Waals surface area contributed by atoms with E-state index in [9.17, 15) is 9.59 Å². The highest BCUT2D eigenvalue weighted by Gasteiger charge is 2.39. The van der Waals surface area contributed by atoms with Gasteiger partial charge in [0.15, 0.2) is 0 Å². The fourth-order valence-electron chi connectivity index (χ4n) is 3.56. The third-order valence-electron chi connectivity index (χ3n) is 5.28. The van der Waals surface area contributed by atoms with Crippen LogP contribution in [0.1, 0.15) is 51.7 Å². The molecule has 1 aliphatic rings. The Morgan fingerprint density at radius 3 is 2.32 bits per heavy atom. The third kappa shape index (κ3) is 7.67. The van der Waals surface area contributed by atoms with Gasteiger partial charge in [-0.3, -0.25) is 9.74 Å². The Morgan fingerprint density at radius 1 is 1.03 bits per heavy atom. The normalized spacial score (nSPS) is 18.9. The summed E-state index contributed by atoms with van der Waals surface area (Å²) in [6.45, 7) is 7.75. The molecule has 0 radical (unpaired) electrons. The van der Waals surface area contributed by atoms with Gasteiger partial charge in [-0.05, 0) is 51.7 Å². The highest BCUT2D eigenvalue weighted by molar-refractivity contribution is 5.98. The number of hydroxylamine groups is 1. The van der Waals surface area contributed by atoms with Crippen molar-refractivity contribution in [3.8, 4) is 0 Å².